The number of hydrogen-bond acceptors (Lipinski definition) is 5. The van der Waals surface area contributed by atoms with E-state index in [1.807, 2.05) is 26.8 Å². The highest BCUT2D eigenvalue weighted by Crippen LogP contribution is 2.27. The van der Waals surface area contributed by atoms with E-state index < -0.39 is 28.5 Å². The molecule has 8 nitrogen and oxygen atoms in total. The summed E-state index contributed by atoms with van der Waals surface area (Å²) in [7, 11) is -2.57. The molecule has 0 aliphatic rings. The predicted molar refractivity (Wildman–Crippen MR) is 156 cm³/mol. The van der Waals surface area contributed by atoms with Crippen molar-refractivity contribution in [2.45, 2.75) is 44.7 Å². The molecule has 2 amide bonds. The number of ether oxygens (including phenoxy) is 1. The van der Waals surface area contributed by atoms with Crippen molar-refractivity contribution in [3.63, 3.8) is 0 Å². The Kier molecular flexibility index (Phi) is 10.5. The SMILES string of the molecule is CCNC(=O)[C@H](CC)N(Cc1cccc(OC)c1)C(=O)CN(c1cccc(Br)c1)S(=O)(=O)c1ccc(C)cc1. The second kappa shape index (κ2) is 13.6. The number of rotatable bonds is 12. The third-order valence-electron chi connectivity index (χ3n) is 6.21. The molecule has 3 aromatic carbocycles. The van der Waals surface area contributed by atoms with Gasteiger partial charge in [0.2, 0.25) is 11.8 Å². The van der Waals surface area contributed by atoms with E-state index in [1.54, 1.807) is 61.7 Å². The molecule has 0 aromatic heterocycles. The molecular weight excluding hydrogens is 582 g/mol. The van der Waals surface area contributed by atoms with Gasteiger partial charge in [-0.25, -0.2) is 8.42 Å². The minimum atomic E-state index is -4.12. The first kappa shape index (κ1) is 30.2. The van der Waals surface area contributed by atoms with Gasteiger partial charge < -0.3 is 15.0 Å². The predicted octanol–water partition coefficient (Wildman–Crippen LogP) is 4.90. The molecule has 0 unspecified atom stereocenters. The Labute approximate surface area is 239 Å². The zero-order valence-electron chi connectivity index (χ0n) is 22.6. The quantitative estimate of drug-likeness (QED) is 0.312. The fourth-order valence-electron chi connectivity index (χ4n) is 4.18. The van der Waals surface area contributed by atoms with Crippen molar-refractivity contribution >= 4 is 43.5 Å². The number of sulfonamides is 1. The lowest BCUT2D eigenvalue weighted by Gasteiger charge is -2.33. The molecule has 1 N–H and O–H groups in total. The van der Waals surface area contributed by atoms with E-state index in [9.17, 15) is 18.0 Å². The van der Waals surface area contributed by atoms with Gasteiger partial charge in [-0.1, -0.05) is 58.7 Å². The van der Waals surface area contributed by atoms with Gasteiger partial charge in [-0.2, -0.15) is 0 Å². The number of aryl methyl sites for hydroxylation is 1. The Morgan fingerprint density at radius 3 is 2.31 bits per heavy atom. The third kappa shape index (κ3) is 7.60. The number of likely N-dealkylation sites (N-methyl/N-ethyl adjacent to an activating group) is 1. The van der Waals surface area contributed by atoms with Gasteiger partial charge in [0, 0.05) is 17.6 Å². The number of nitrogens with zero attached hydrogens (tertiary/aromatic N) is 2. The lowest BCUT2D eigenvalue weighted by molar-refractivity contribution is -0.140. The molecule has 0 saturated carbocycles. The molecule has 1 atom stereocenters. The van der Waals surface area contributed by atoms with Crippen LogP contribution in [-0.2, 0) is 26.2 Å². The summed E-state index contributed by atoms with van der Waals surface area (Å²) in [6.07, 6.45) is 0.350. The standard InChI is InChI=1S/C29H34BrN3O5S/c1-5-27(29(35)31-6-2)32(19-22-9-7-12-25(17-22)38-4)28(34)20-33(24-11-8-10-23(30)18-24)39(36,37)26-15-13-21(3)14-16-26/h7-18,27H,5-6,19-20H2,1-4H3,(H,31,35)/t27-/m0/s1. The second-order valence-corrected chi connectivity index (χ2v) is 11.8. The molecule has 0 heterocycles. The minimum absolute atomic E-state index is 0.0657. The third-order valence-corrected chi connectivity index (χ3v) is 8.49. The molecule has 39 heavy (non-hydrogen) atoms. The maximum Gasteiger partial charge on any atom is 0.264 e. The number of benzene rings is 3. The van der Waals surface area contributed by atoms with Crippen LogP contribution in [0.25, 0.3) is 0 Å². The van der Waals surface area contributed by atoms with Crippen molar-refractivity contribution in [2.24, 2.45) is 0 Å². The molecule has 3 rings (SSSR count). The lowest BCUT2D eigenvalue weighted by Crippen LogP contribution is -2.52. The summed E-state index contributed by atoms with van der Waals surface area (Å²) in [5.74, 6) is -0.193. The maximum absolute atomic E-state index is 14.0. The Morgan fingerprint density at radius 2 is 1.69 bits per heavy atom. The van der Waals surface area contributed by atoms with E-state index in [1.165, 1.54) is 17.0 Å². The van der Waals surface area contributed by atoms with Gasteiger partial charge in [0.25, 0.3) is 10.0 Å². The Bertz CT molecular complexity index is 1400. The van der Waals surface area contributed by atoms with E-state index in [2.05, 4.69) is 21.2 Å². The van der Waals surface area contributed by atoms with Crippen LogP contribution in [0.3, 0.4) is 0 Å². The number of carbonyl (C=O) groups excluding carboxylic acids is 2. The van der Waals surface area contributed by atoms with Crippen LogP contribution in [0.1, 0.15) is 31.4 Å². The van der Waals surface area contributed by atoms with Gasteiger partial charge >= 0.3 is 0 Å². The number of anilines is 1. The van der Waals surface area contributed by atoms with Crippen molar-refractivity contribution in [3.8, 4) is 5.75 Å². The summed E-state index contributed by atoms with van der Waals surface area (Å²) in [5.41, 5.74) is 1.99. The number of methoxy groups -OCH3 is 1. The molecule has 208 valence electrons. The van der Waals surface area contributed by atoms with Crippen LogP contribution < -0.4 is 14.4 Å². The van der Waals surface area contributed by atoms with Crippen LogP contribution in [-0.4, -0.2) is 51.4 Å². The summed E-state index contributed by atoms with van der Waals surface area (Å²) >= 11 is 3.41. The van der Waals surface area contributed by atoms with E-state index in [-0.39, 0.29) is 17.3 Å². The Hall–Kier alpha value is -3.37. The van der Waals surface area contributed by atoms with Gasteiger partial charge in [0.05, 0.1) is 17.7 Å². The number of nitrogens with one attached hydrogen (secondary N) is 1. The number of hydrogen-bond donors (Lipinski definition) is 1. The minimum Gasteiger partial charge on any atom is -0.497 e. The molecule has 10 heteroatoms. The van der Waals surface area contributed by atoms with Crippen molar-refractivity contribution in [1.82, 2.24) is 10.2 Å². The fourth-order valence-corrected chi connectivity index (χ4v) is 5.97. The van der Waals surface area contributed by atoms with Crippen LogP contribution in [0, 0.1) is 6.92 Å². The summed E-state index contributed by atoms with van der Waals surface area (Å²) < 4.78 is 34.8. The fraction of sp³-hybridized carbons (Fsp3) is 0.310. The highest BCUT2D eigenvalue weighted by atomic mass is 79.9. The molecule has 0 radical (unpaired) electrons. The monoisotopic (exact) mass is 615 g/mol. The zero-order valence-corrected chi connectivity index (χ0v) is 25.0. The Balaban J connectivity index is 2.07. The molecule has 0 fully saturated rings. The van der Waals surface area contributed by atoms with Crippen LogP contribution in [0.2, 0.25) is 0 Å². The first-order chi connectivity index (χ1) is 18.6. The average Bonchev–Trinajstić information content (AvgIpc) is 2.92. The summed E-state index contributed by atoms with van der Waals surface area (Å²) in [5, 5.41) is 2.80. The van der Waals surface area contributed by atoms with Crippen LogP contribution >= 0.6 is 15.9 Å². The normalized spacial score (nSPS) is 11.9. The van der Waals surface area contributed by atoms with Gasteiger partial charge in [0.1, 0.15) is 18.3 Å². The second-order valence-electron chi connectivity index (χ2n) is 9.00. The Morgan fingerprint density at radius 1 is 1.00 bits per heavy atom. The van der Waals surface area contributed by atoms with Crippen LogP contribution in [0.5, 0.6) is 5.75 Å². The molecular formula is C29H34BrN3O5S. The topological polar surface area (TPSA) is 96.0 Å². The highest BCUT2D eigenvalue weighted by Gasteiger charge is 2.33. The van der Waals surface area contributed by atoms with Crippen molar-refractivity contribution in [3.05, 3.63) is 88.4 Å². The summed E-state index contributed by atoms with van der Waals surface area (Å²) in [6.45, 7) is 5.51. The van der Waals surface area contributed by atoms with Gasteiger partial charge in [0.15, 0.2) is 0 Å². The smallest absolute Gasteiger partial charge is 0.264 e. The maximum atomic E-state index is 14.0. The van der Waals surface area contributed by atoms with Crippen LogP contribution in [0.15, 0.2) is 82.2 Å². The molecule has 3 aromatic rings. The van der Waals surface area contributed by atoms with Crippen molar-refractivity contribution < 1.29 is 22.7 Å². The van der Waals surface area contributed by atoms with Crippen LogP contribution in [0.4, 0.5) is 5.69 Å². The first-order valence-electron chi connectivity index (χ1n) is 12.7. The van der Waals surface area contributed by atoms with E-state index in [4.69, 9.17) is 4.74 Å². The van der Waals surface area contributed by atoms with E-state index in [0.717, 1.165) is 15.4 Å². The van der Waals surface area contributed by atoms with Gasteiger partial charge in [-0.05, 0) is 68.3 Å². The molecule has 0 aliphatic carbocycles. The van der Waals surface area contributed by atoms with Gasteiger partial charge in [-0.3, -0.25) is 13.9 Å². The number of amides is 2. The van der Waals surface area contributed by atoms with E-state index in [0.29, 0.717) is 28.9 Å². The lowest BCUT2D eigenvalue weighted by atomic mass is 10.1. The number of carbonyl (C=O) groups is 2. The van der Waals surface area contributed by atoms with Gasteiger partial charge in [-0.15, -0.1) is 0 Å². The molecule has 0 aliphatic heterocycles. The van der Waals surface area contributed by atoms with E-state index >= 15 is 0 Å². The molecule has 0 saturated heterocycles. The van der Waals surface area contributed by atoms with Crippen molar-refractivity contribution in [2.75, 3.05) is 24.5 Å². The highest BCUT2D eigenvalue weighted by molar-refractivity contribution is 9.10. The average molecular weight is 617 g/mol. The first-order valence-corrected chi connectivity index (χ1v) is 14.9. The van der Waals surface area contributed by atoms with Crippen molar-refractivity contribution in [1.29, 1.82) is 0 Å². The number of halogens is 1. The molecule has 0 spiro atoms. The largest absolute Gasteiger partial charge is 0.497 e. The zero-order chi connectivity index (χ0) is 28.6. The summed E-state index contributed by atoms with van der Waals surface area (Å²) in [6, 6.07) is 19.7. The summed E-state index contributed by atoms with van der Waals surface area (Å²) in [4.78, 5) is 28.5. The molecule has 0 bridgehead atoms.